The number of rotatable bonds is 3. The van der Waals surface area contributed by atoms with Crippen LogP contribution in [0.5, 0.6) is 0 Å². The van der Waals surface area contributed by atoms with Gasteiger partial charge in [0.05, 0.1) is 11.4 Å². The molecule has 1 heterocycles. The molecule has 2 nitrogen and oxygen atoms in total. The molecule has 1 fully saturated rings. The van der Waals surface area contributed by atoms with Gasteiger partial charge in [0.1, 0.15) is 0 Å². The average Bonchev–Trinajstić information content (AvgIpc) is 3.52. The predicted molar refractivity (Wildman–Crippen MR) is 108 cm³/mol. The topological polar surface area (TPSA) is 24.7 Å². The zero-order valence-corrected chi connectivity index (χ0v) is 16.1. The van der Waals surface area contributed by atoms with Crippen LogP contribution in [0.3, 0.4) is 0 Å². The van der Waals surface area contributed by atoms with E-state index in [9.17, 15) is 0 Å². The lowest BCUT2D eigenvalue weighted by atomic mass is 9.81. The summed E-state index contributed by atoms with van der Waals surface area (Å²) in [6, 6.07) is 15.8. The number of nitrogens with zero attached hydrogens (tertiary/aromatic N) is 2. The Balaban J connectivity index is 1.65. The molecule has 1 unspecified atom stereocenters. The van der Waals surface area contributed by atoms with Crippen molar-refractivity contribution in [2.45, 2.75) is 13.8 Å². The van der Waals surface area contributed by atoms with E-state index in [2.05, 4.69) is 48.3 Å². The fourth-order valence-electron chi connectivity index (χ4n) is 4.55. The maximum absolute atomic E-state index is 6.22. The Bertz CT molecular complexity index is 945. The Morgan fingerprint density at radius 1 is 0.769 bits per heavy atom. The van der Waals surface area contributed by atoms with Crippen LogP contribution in [-0.2, 0) is 0 Å². The number of allylic oxidation sites excluding steroid dienone is 2. The van der Waals surface area contributed by atoms with Crippen LogP contribution < -0.4 is 0 Å². The van der Waals surface area contributed by atoms with Gasteiger partial charge in [-0.05, 0) is 40.8 Å². The van der Waals surface area contributed by atoms with E-state index >= 15 is 0 Å². The van der Waals surface area contributed by atoms with E-state index in [-0.39, 0.29) is 10.8 Å². The third-order valence-corrected chi connectivity index (χ3v) is 6.91. The molecular formula is C22H18Cl2N2. The highest BCUT2D eigenvalue weighted by molar-refractivity contribution is 6.31. The van der Waals surface area contributed by atoms with Crippen molar-refractivity contribution in [3.63, 3.8) is 0 Å². The Morgan fingerprint density at radius 3 is 1.62 bits per heavy atom. The minimum atomic E-state index is 0.0752. The SMILES string of the molecule is CC1(C2(C)[C@@H]3C(c4cccc(Cl)c4)=NN=C(c4cccc(Cl)c4)[C@@H]32)C=C1. The molecule has 2 aliphatic carbocycles. The maximum Gasteiger partial charge on any atom is 0.0747 e. The van der Waals surface area contributed by atoms with Crippen molar-refractivity contribution in [1.29, 1.82) is 0 Å². The quantitative estimate of drug-likeness (QED) is 0.580. The largest absolute Gasteiger partial charge is 0.154 e. The third kappa shape index (κ3) is 2.19. The monoisotopic (exact) mass is 380 g/mol. The Kier molecular flexibility index (Phi) is 3.33. The molecule has 0 amide bonds. The van der Waals surface area contributed by atoms with Crippen LogP contribution in [0.25, 0.3) is 0 Å². The Labute approximate surface area is 163 Å². The molecule has 1 saturated carbocycles. The Morgan fingerprint density at radius 2 is 1.23 bits per heavy atom. The van der Waals surface area contributed by atoms with Crippen LogP contribution in [-0.4, -0.2) is 11.4 Å². The van der Waals surface area contributed by atoms with E-state index in [1.54, 1.807) is 0 Å². The molecular weight excluding hydrogens is 363 g/mol. The van der Waals surface area contributed by atoms with Crippen LogP contribution in [0, 0.1) is 22.7 Å². The summed E-state index contributed by atoms with van der Waals surface area (Å²) in [4.78, 5) is 0. The lowest BCUT2D eigenvalue weighted by Gasteiger charge is -2.21. The van der Waals surface area contributed by atoms with E-state index in [0.717, 1.165) is 32.6 Å². The summed E-state index contributed by atoms with van der Waals surface area (Å²) in [5.41, 5.74) is 4.40. The zero-order valence-electron chi connectivity index (χ0n) is 14.6. The fourth-order valence-corrected chi connectivity index (χ4v) is 4.93. The van der Waals surface area contributed by atoms with E-state index in [1.807, 2.05) is 36.4 Å². The molecule has 0 N–H and O–H groups in total. The molecule has 1 aliphatic heterocycles. The van der Waals surface area contributed by atoms with Gasteiger partial charge in [0.2, 0.25) is 0 Å². The summed E-state index contributed by atoms with van der Waals surface area (Å²) in [5, 5.41) is 10.8. The molecule has 4 heteroatoms. The van der Waals surface area contributed by atoms with Gasteiger partial charge in [-0.15, -0.1) is 0 Å². The first-order chi connectivity index (χ1) is 12.4. The van der Waals surface area contributed by atoms with Crippen molar-refractivity contribution in [1.82, 2.24) is 0 Å². The van der Waals surface area contributed by atoms with Gasteiger partial charge in [0, 0.05) is 27.3 Å². The standard InChI is InChI=1S/C22H18Cl2N2/c1-21(9-10-21)22(2)17-18(22)20(14-6-4-8-16(24)12-14)26-25-19(17)13-5-3-7-15(23)11-13/h3-12,17-18H,1-2H3/t17-,18+,22?. The van der Waals surface area contributed by atoms with Crippen LogP contribution >= 0.6 is 23.2 Å². The molecule has 0 saturated heterocycles. The first-order valence-corrected chi connectivity index (χ1v) is 9.57. The van der Waals surface area contributed by atoms with Gasteiger partial charge in [-0.25, -0.2) is 0 Å². The molecule has 0 radical (unpaired) electrons. The molecule has 0 aromatic heterocycles. The van der Waals surface area contributed by atoms with E-state index in [0.29, 0.717) is 11.8 Å². The summed E-state index contributed by atoms with van der Waals surface area (Å²) in [7, 11) is 0. The van der Waals surface area contributed by atoms with Gasteiger partial charge in [-0.1, -0.05) is 73.5 Å². The van der Waals surface area contributed by atoms with Gasteiger partial charge < -0.3 is 0 Å². The molecule has 0 spiro atoms. The predicted octanol–water partition coefficient (Wildman–Crippen LogP) is 6.03. The van der Waals surface area contributed by atoms with Crippen molar-refractivity contribution in [2.75, 3.05) is 0 Å². The van der Waals surface area contributed by atoms with Crippen molar-refractivity contribution in [2.24, 2.45) is 32.9 Å². The van der Waals surface area contributed by atoms with E-state index in [4.69, 9.17) is 23.2 Å². The van der Waals surface area contributed by atoms with Gasteiger partial charge in [0.25, 0.3) is 0 Å². The van der Waals surface area contributed by atoms with Crippen LogP contribution in [0.15, 0.2) is 70.9 Å². The van der Waals surface area contributed by atoms with E-state index in [1.165, 1.54) is 0 Å². The lowest BCUT2D eigenvalue weighted by Crippen LogP contribution is -2.19. The van der Waals surface area contributed by atoms with Crippen molar-refractivity contribution in [3.8, 4) is 0 Å². The minimum absolute atomic E-state index is 0.0752. The van der Waals surface area contributed by atoms with Crippen LogP contribution in [0.2, 0.25) is 10.0 Å². The second-order valence-electron chi connectivity index (χ2n) is 7.85. The van der Waals surface area contributed by atoms with Crippen molar-refractivity contribution < 1.29 is 0 Å². The zero-order chi connectivity index (χ0) is 18.1. The second-order valence-corrected chi connectivity index (χ2v) is 8.72. The molecule has 3 aliphatic rings. The molecule has 0 bridgehead atoms. The molecule has 3 atom stereocenters. The van der Waals surface area contributed by atoms with Gasteiger partial charge in [0.15, 0.2) is 0 Å². The Hall–Kier alpha value is -1.90. The molecule has 5 rings (SSSR count). The van der Waals surface area contributed by atoms with Crippen molar-refractivity contribution >= 4 is 34.6 Å². The summed E-state index contributed by atoms with van der Waals surface area (Å²) >= 11 is 12.4. The first-order valence-electron chi connectivity index (χ1n) is 8.82. The highest BCUT2D eigenvalue weighted by Crippen LogP contribution is 2.74. The summed E-state index contributed by atoms with van der Waals surface area (Å²) in [5.74, 6) is 0.653. The lowest BCUT2D eigenvalue weighted by molar-refractivity contribution is 0.354. The number of hydrogen-bond donors (Lipinski definition) is 0. The van der Waals surface area contributed by atoms with Crippen LogP contribution in [0.1, 0.15) is 25.0 Å². The molecule has 2 aromatic rings. The first kappa shape index (κ1) is 16.3. The van der Waals surface area contributed by atoms with Gasteiger partial charge >= 0.3 is 0 Å². The highest BCUT2D eigenvalue weighted by Gasteiger charge is 2.74. The summed E-state index contributed by atoms with van der Waals surface area (Å²) in [6.07, 6.45) is 4.60. The van der Waals surface area contributed by atoms with E-state index < -0.39 is 0 Å². The molecule has 26 heavy (non-hydrogen) atoms. The minimum Gasteiger partial charge on any atom is -0.154 e. The number of fused-ring (bicyclic) bond motifs is 1. The maximum atomic E-state index is 6.22. The van der Waals surface area contributed by atoms with Crippen molar-refractivity contribution in [3.05, 3.63) is 81.9 Å². The van der Waals surface area contributed by atoms with Gasteiger partial charge in [-0.3, -0.25) is 0 Å². The normalized spacial score (nSPS) is 30.3. The number of benzene rings is 2. The molecule has 130 valence electrons. The average molecular weight is 381 g/mol. The highest BCUT2D eigenvalue weighted by atomic mass is 35.5. The summed E-state index contributed by atoms with van der Waals surface area (Å²) < 4.78 is 0. The number of halogens is 2. The number of hydrogen-bond acceptors (Lipinski definition) is 2. The smallest absolute Gasteiger partial charge is 0.0747 e. The summed E-state index contributed by atoms with van der Waals surface area (Å²) in [6.45, 7) is 4.66. The second kappa shape index (κ2) is 5.31. The van der Waals surface area contributed by atoms with Crippen LogP contribution in [0.4, 0.5) is 0 Å². The molecule has 2 aromatic carbocycles. The van der Waals surface area contributed by atoms with Gasteiger partial charge in [-0.2, -0.15) is 10.2 Å². The third-order valence-electron chi connectivity index (χ3n) is 6.44. The fraction of sp³-hybridized carbons (Fsp3) is 0.273.